The molecular weight excluding hydrogens is 361 g/mol. The maximum Gasteiger partial charge on any atom is 0.416 e. The van der Waals surface area contributed by atoms with Crippen molar-refractivity contribution in [3.63, 3.8) is 0 Å². The van der Waals surface area contributed by atoms with Gasteiger partial charge < -0.3 is 0 Å². The molecule has 1 aromatic heterocycles. The van der Waals surface area contributed by atoms with Crippen LogP contribution >= 0.6 is 0 Å². The molecule has 1 heterocycles. The maximum absolute atomic E-state index is 12.8. The lowest BCUT2D eigenvalue weighted by atomic mass is 10.1. The van der Waals surface area contributed by atoms with Crippen LogP contribution in [-0.4, -0.2) is 26.1 Å². The van der Waals surface area contributed by atoms with Gasteiger partial charge >= 0.3 is 6.18 Å². The standard InChI is InChI=1S/C18H15F3N4O2/c19-18(20,21)15-6-1-3-12(9-15)7-8-25-11-16(22-24-25)13-4-2-5-14(10-13)17(26)23-27/h1-6,9-11,27H,7-8H2,(H,23,26). The van der Waals surface area contributed by atoms with Crippen molar-refractivity contribution in [1.82, 2.24) is 20.5 Å². The fraction of sp³-hybridized carbons (Fsp3) is 0.167. The zero-order chi connectivity index (χ0) is 19.4. The average molecular weight is 376 g/mol. The zero-order valence-corrected chi connectivity index (χ0v) is 13.9. The van der Waals surface area contributed by atoms with Crippen LogP contribution in [-0.2, 0) is 19.1 Å². The molecule has 6 nitrogen and oxygen atoms in total. The number of nitrogens with one attached hydrogen (secondary N) is 1. The average Bonchev–Trinajstić information content (AvgIpc) is 3.14. The summed E-state index contributed by atoms with van der Waals surface area (Å²) in [5.74, 6) is -0.645. The molecule has 140 valence electrons. The zero-order valence-electron chi connectivity index (χ0n) is 13.9. The van der Waals surface area contributed by atoms with Gasteiger partial charge in [0.25, 0.3) is 5.91 Å². The first kappa shape index (κ1) is 18.6. The van der Waals surface area contributed by atoms with Crippen LogP contribution < -0.4 is 5.48 Å². The molecule has 0 fully saturated rings. The van der Waals surface area contributed by atoms with E-state index in [9.17, 15) is 18.0 Å². The summed E-state index contributed by atoms with van der Waals surface area (Å²) in [6, 6.07) is 11.6. The topological polar surface area (TPSA) is 80.0 Å². The lowest BCUT2D eigenvalue weighted by Gasteiger charge is -2.08. The summed E-state index contributed by atoms with van der Waals surface area (Å²) >= 11 is 0. The molecule has 0 radical (unpaired) electrons. The molecule has 0 saturated heterocycles. The molecule has 3 rings (SSSR count). The van der Waals surface area contributed by atoms with Crippen molar-refractivity contribution in [1.29, 1.82) is 0 Å². The van der Waals surface area contributed by atoms with Crippen molar-refractivity contribution < 1.29 is 23.2 Å². The molecule has 2 aromatic carbocycles. The molecule has 1 amide bonds. The number of carbonyl (C=O) groups is 1. The van der Waals surface area contributed by atoms with Crippen molar-refractivity contribution in [2.75, 3.05) is 0 Å². The van der Waals surface area contributed by atoms with Gasteiger partial charge in [0.05, 0.1) is 11.8 Å². The first-order chi connectivity index (χ1) is 12.9. The van der Waals surface area contributed by atoms with Crippen LogP contribution in [0.4, 0.5) is 13.2 Å². The SMILES string of the molecule is O=C(NO)c1cccc(-c2cn(CCc3cccc(C(F)(F)F)c3)nn2)c1. The van der Waals surface area contributed by atoms with Crippen LogP contribution in [0.15, 0.2) is 54.7 Å². The van der Waals surface area contributed by atoms with E-state index in [0.29, 0.717) is 29.8 Å². The number of rotatable bonds is 5. The van der Waals surface area contributed by atoms with E-state index < -0.39 is 17.6 Å². The Morgan fingerprint density at radius 3 is 2.67 bits per heavy atom. The number of carbonyl (C=O) groups excluding carboxylic acids is 1. The van der Waals surface area contributed by atoms with Gasteiger partial charge in [0.2, 0.25) is 0 Å². The van der Waals surface area contributed by atoms with Gasteiger partial charge in [-0.15, -0.1) is 5.10 Å². The lowest BCUT2D eigenvalue weighted by molar-refractivity contribution is -0.137. The van der Waals surface area contributed by atoms with Gasteiger partial charge in [-0.2, -0.15) is 13.2 Å². The van der Waals surface area contributed by atoms with Gasteiger partial charge in [-0.05, 0) is 30.2 Å². The number of nitrogens with zero attached hydrogens (tertiary/aromatic N) is 3. The first-order valence-corrected chi connectivity index (χ1v) is 7.98. The van der Waals surface area contributed by atoms with E-state index in [1.165, 1.54) is 16.8 Å². The summed E-state index contributed by atoms with van der Waals surface area (Å²) in [6.45, 7) is 0.352. The molecule has 0 aliphatic carbocycles. The minimum Gasteiger partial charge on any atom is -0.288 e. The van der Waals surface area contributed by atoms with E-state index in [1.54, 1.807) is 35.9 Å². The van der Waals surface area contributed by atoms with E-state index in [0.717, 1.165) is 12.1 Å². The highest BCUT2D eigenvalue weighted by Gasteiger charge is 2.30. The Kier molecular flexibility index (Phi) is 5.22. The summed E-state index contributed by atoms with van der Waals surface area (Å²) in [5, 5.41) is 16.7. The third-order valence-corrected chi connectivity index (χ3v) is 3.94. The number of aryl methyl sites for hydroxylation is 2. The highest BCUT2D eigenvalue weighted by Crippen LogP contribution is 2.29. The summed E-state index contributed by atoms with van der Waals surface area (Å²) in [7, 11) is 0. The Hall–Kier alpha value is -3.20. The maximum atomic E-state index is 12.8. The van der Waals surface area contributed by atoms with Crippen LogP contribution in [0, 0.1) is 0 Å². The number of halogens is 3. The molecule has 9 heteroatoms. The van der Waals surface area contributed by atoms with E-state index in [2.05, 4.69) is 10.3 Å². The molecule has 3 aromatic rings. The Morgan fingerprint density at radius 2 is 1.93 bits per heavy atom. The molecule has 27 heavy (non-hydrogen) atoms. The monoisotopic (exact) mass is 376 g/mol. The number of hydrogen-bond acceptors (Lipinski definition) is 4. The Morgan fingerprint density at radius 1 is 1.15 bits per heavy atom. The molecular formula is C18H15F3N4O2. The third kappa shape index (κ3) is 4.50. The molecule has 0 spiro atoms. The number of hydroxylamine groups is 1. The molecule has 0 aliphatic heterocycles. The van der Waals surface area contributed by atoms with Crippen LogP contribution in [0.1, 0.15) is 21.5 Å². The summed E-state index contributed by atoms with van der Waals surface area (Å²) in [4.78, 5) is 11.5. The first-order valence-electron chi connectivity index (χ1n) is 7.98. The Bertz CT molecular complexity index is 954. The van der Waals surface area contributed by atoms with Gasteiger partial charge in [-0.3, -0.25) is 14.7 Å². The second kappa shape index (κ2) is 7.58. The van der Waals surface area contributed by atoms with E-state index in [-0.39, 0.29) is 5.56 Å². The molecule has 0 saturated carbocycles. The second-order valence-corrected chi connectivity index (χ2v) is 5.84. The van der Waals surface area contributed by atoms with Gasteiger partial charge in [0.1, 0.15) is 5.69 Å². The van der Waals surface area contributed by atoms with E-state index >= 15 is 0 Å². The molecule has 0 aliphatic rings. The van der Waals surface area contributed by atoms with Gasteiger partial charge in [-0.25, -0.2) is 5.48 Å². The molecule has 2 N–H and O–H groups in total. The van der Waals surface area contributed by atoms with Gasteiger partial charge in [0, 0.05) is 17.7 Å². The second-order valence-electron chi connectivity index (χ2n) is 5.84. The number of aromatic nitrogens is 3. The summed E-state index contributed by atoms with van der Waals surface area (Å²) in [6.07, 6.45) is -2.37. The number of amides is 1. The minimum absolute atomic E-state index is 0.258. The highest BCUT2D eigenvalue weighted by molar-refractivity contribution is 5.94. The van der Waals surface area contributed by atoms with Gasteiger partial charge in [-0.1, -0.05) is 35.5 Å². The predicted octanol–water partition coefficient (Wildman–Crippen LogP) is 3.33. The quantitative estimate of drug-likeness (QED) is 0.529. The highest BCUT2D eigenvalue weighted by atomic mass is 19.4. The number of benzene rings is 2. The summed E-state index contributed by atoms with van der Waals surface area (Å²) < 4.78 is 39.8. The Labute approximate surface area is 152 Å². The normalized spacial score (nSPS) is 11.4. The van der Waals surface area contributed by atoms with E-state index in [4.69, 9.17) is 5.21 Å². The molecule has 0 unspecified atom stereocenters. The van der Waals surface area contributed by atoms with Crippen LogP contribution in [0.2, 0.25) is 0 Å². The van der Waals surface area contributed by atoms with Crippen LogP contribution in [0.5, 0.6) is 0 Å². The molecule has 0 bridgehead atoms. The van der Waals surface area contributed by atoms with Crippen LogP contribution in [0.25, 0.3) is 11.3 Å². The van der Waals surface area contributed by atoms with Crippen molar-refractivity contribution in [2.24, 2.45) is 0 Å². The minimum atomic E-state index is -4.37. The smallest absolute Gasteiger partial charge is 0.288 e. The third-order valence-electron chi connectivity index (χ3n) is 3.94. The summed E-state index contributed by atoms with van der Waals surface area (Å²) in [5.41, 5.74) is 2.81. The number of hydrogen-bond donors (Lipinski definition) is 2. The fourth-order valence-corrected chi connectivity index (χ4v) is 2.57. The predicted molar refractivity (Wildman–Crippen MR) is 89.9 cm³/mol. The van der Waals surface area contributed by atoms with Crippen molar-refractivity contribution in [2.45, 2.75) is 19.1 Å². The van der Waals surface area contributed by atoms with Gasteiger partial charge in [0.15, 0.2) is 0 Å². The fourth-order valence-electron chi connectivity index (χ4n) is 2.57. The lowest BCUT2D eigenvalue weighted by Crippen LogP contribution is -2.18. The van der Waals surface area contributed by atoms with Crippen molar-refractivity contribution in [3.05, 3.63) is 71.4 Å². The van der Waals surface area contributed by atoms with Crippen molar-refractivity contribution >= 4 is 5.91 Å². The number of alkyl halides is 3. The van der Waals surface area contributed by atoms with Crippen LogP contribution in [0.3, 0.4) is 0 Å². The van der Waals surface area contributed by atoms with E-state index in [1.807, 2.05) is 0 Å². The van der Waals surface area contributed by atoms with Crippen molar-refractivity contribution in [3.8, 4) is 11.3 Å². The molecule has 0 atom stereocenters. The Balaban J connectivity index is 1.71. The largest absolute Gasteiger partial charge is 0.416 e.